The van der Waals surface area contributed by atoms with Crippen LogP contribution in [0, 0.1) is 5.92 Å². The van der Waals surface area contributed by atoms with Gasteiger partial charge in [-0.25, -0.2) is 26.6 Å². The molecule has 0 spiro atoms. The molecule has 0 saturated carbocycles. The lowest BCUT2D eigenvalue weighted by Crippen LogP contribution is -2.33. The van der Waals surface area contributed by atoms with Crippen molar-refractivity contribution in [3.05, 3.63) is 0 Å². The summed E-state index contributed by atoms with van der Waals surface area (Å²) < 4.78 is 29.4. The van der Waals surface area contributed by atoms with E-state index < -0.39 is 26.8 Å². The van der Waals surface area contributed by atoms with Crippen LogP contribution in [0.15, 0.2) is 5.16 Å². The zero-order valence-corrected chi connectivity index (χ0v) is 19.4. The first-order valence-corrected chi connectivity index (χ1v) is 11.7. The molecule has 0 aliphatic rings. The summed E-state index contributed by atoms with van der Waals surface area (Å²) in [6.07, 6.45) is 4.79. The van der Waals surface area contributed by atoms with E-state index in [0.717, 1.165) is 58.9 Å². The Hall–Kier alpha value is -1.49. The van der Waals surface area contributed by atoms with Gasteiger partial charge in [0, 0.05) is 20.4 Å². The Morgan fingerprint density at radius 3 is 2.25 bits per heavy atom. The predicted octanol–water partition coefficient (Wildman–Crippen LogP) is 3.71. The monoisotopic (exact) mass is 439 g/mol. The molecule has 0 aromatic rings. The van der Waals surface area contributed by atoms with Crippen molar-refractivity contribution in [2.75, 3.05) is 27.0 Å². The second-order valence-electron chi connectivity index (χ2n) is 7.04. The highest BCUT2D eigenvalue weighted by Crippen LogP contribution is 2.18. The lowest BCUT2D eigenvalue weighted by Gasteiger charge is -2.22. The van der Waals surface area contributed by atoms with Gasteiger partial charge in [-0.2, -0.15) is 0 Å². The van der Waals surface area contributed by atoms with Gasteiger partial charge in [0.15, 0.2) is 9.84 Å². The molecule has 2 amide bonds. The standard InChI is InChI=1S/C17H33N3O6S2/c1-8-10-11-14(9-2)12-25-15(21)19(5)27-20(6)16(22)26-18-13-17(3,4)28(7,23)24/h13-14H,8-12H2,1-7H3. The van der Waals surface area contributed by atoms with Crippen LogP contribution in [0.1, 0.15) is 53.4 Å². The van der Waals surface area contributed by atoms with Crippen LogP contribution < -0.4 is 0 Å². The number of unbranched alkanes of at least 4 members (excludes halogenated alkanes) is 1. The van der Waals surface area contributed by atoms with Gasteiger partial charge in [0.05, 0.1) is 25.0 Å². The largest absolute Gasteiger partial charge is 0.448 e. The van der Waals surface area contributed by atoms with Gasteiger partial charge in [-0.3, -0.25) is 4.84 Å². The highest BCUT2D eigenvalue weighted by atomic mass is 32.2. The van der Waals surface area contributed by atoms with Crippen LogP contribution in [-0.4, -0.2) is 67.1 Å². The van der Waals surface area contributed by atoms with Crippen molar-refractivity contribution in [3.63, 3.8) is 0 Å². The summed E-state index contributed by atoms with van der Waals surface area (Å²) in [5.41, 5.74) is 0. The molecule has 0 fully saturated rings. The van der Waals surface area contributed by atoms with Crippen LogP contribution in [0.5, 0.6) is 0 Å². The number of hydrogen-bond acceptors (Lipinski definition) is 8. The van der Waals surface area contributed by atoms with Gasteiger partial charge in [0.2, 0.25) is 0 Å². The summed E-state index contributed by atoms with van der Waals surface area (Å²) in [7, 11) is -0.536. The van der Waals surface area contributed by atoms with Crippen molar-refractivity contribution in [1.82, 2.24) is 8.61 Å². The molecule has 1 unspecified atom stereocenters. The van der Waals surface area contributed by atoms with Crippen molar-refractivity contribution >= 4 is 40.4 Å². The van der Waals surface area contributed by atoms with Gasteiger partial charge in [-0.15, -0.1) is 0 Å². The van der Waals surface area contributed by atoms with Gasteiger partial charge >= 0.3 is 12.2 Å². The Morgan fingerprint density at radius 1 is 1.18 bits per heavy atom. The molecule has 9 nitrogen and oxygen atoms in total. The minimum Gasteiger partial charge on any atom is -0.448 e. The second-order valence-corrected chi connectivity index (χ2v) is 10.9. The summed E-state index contributed by atoms with van der Waals surface area (Å²) in [6, 6.07) is 0. The molecule has 11 heteroatoms. The SMILES string of the molecule is CCCCC(CC)COC(=O)N(C)SN(C)C(=O)ON=CC(C)(C)S(C)(=O)=O. The highest BCUT2D eigenvalue weighted by Gasteiger charge is 2.28. The van der Waals surface area contributed by atoms with Gasteiger partial charge in [0.1, 0.15) is 4.75 Å². The third-order valence-electron chi connectivity index (χ3n) is 4.20. The van der Waals surface area contributed by atoms with Crippen LogP contribution in [-0.2, 0) is 19.4 Å². The predicted molar refractivity (Wildman–Crippen MR) is 112 cm³/mol. The number of oxime groups is 1. The van der Waals surface area contributed by atoms with Gasteiger partial charge in [0.25, 0.3) is 0 Å². The molecule has 0 aromatic carbocycles. The van der Waals surface area contributed by atoms with Crippen molar-refractivity contribution in [3.8, 4) is 0 Å². The molecule has 0 saturated heterocycles. The first-order chi connectivity index (χ1) is 12.9. The third kappa shape index (κ3) is 9.63. The number of nitrogens with zero attached hydrogens (tertiary/aromatic N) is 3. The molecule has 0 heterocycles. The Bertz CT molecular complexity index is 637. The second kappa shape index (κ2) is 12.2. The van der Waals surface area contributed by atoms with E-state index in [4.69, 9.17) is 4.74 Å². The average Bonchev–Trinajstić information content (AvgIpc) is 2.60. The quantitative estimate of drug-likeness (QED) is 0.209. The molecule has 164 valence electrons. The van der Waals surface area contributed by atoms with E-state index >= 15 is 0 Å². The van der Waals surface area contributed by atoms with Crippen LogP contribution in [0.3, 0.4) is 0 Å². The molecule has 0 radical (unpaired) electrons. The molecular formula is C17H33N3O6S2. The van der Waals surface area contributed by atoms with E-state index in [0.29, 0.717) is 12.5 Å². The van der Waals surface area contributed by atoms with Crippen LogP contribution in [0.4, 0.5) is 9.59 Å². The summed E-state index contributed by atoms with van der Waals surface area (Å²) in [5, 5.41) is 3.44. The van der Waals surface area contributed by atoms with E-state index in [-0.39, 0.29) is 0 Å². The Labute approximate surface area is 173 Å². The van der Waals surface area contributed by atoms with E-state index in [1.165, 1.54) is 27.9 Å². The van der Waals surface area contributed by atoms with Crippen LogP contribution >= 0.6 is 12.1 Å². The summed E-state index contributed by atoms with van der Waals surface area (Å²) in [4.78, 5) is 28.6. The maximum atomic E-state index is 12.1. The van der Waals surface area contributed by atoms with E-state index in [2.05, 4.69) is 23.8 Å². The minimum absolute atomic E-state index is 0.317. The van der Waals surface area contributed by atoms with Crippen molar-refractivity contribution < 1.29 is 27.6 Å². The fourth-order valence-corrected chi connectivity index (χ4v) is 2.60. The minimum atomic E-state index is -3.40. The van der Waals surface area contributed by atoms with Gasteiger partial charge in [-0.1, -0.05) is 38.3 Å². The summed E-state index contributed by atoms with van der Waals surface area (Å²) in [6.45, 7) is 7.38. The molecule has 0 N–H and O–H groups in total. The molecule has 0 aliphatic carbocycles. The van der Waals surface area contributed by atoms with Crippen molar-refractivity contribution in [2.24, 2.45) is 11.1 Å². The lowest BCUT2D eigenvalue weighted by molar-refractivity contribution is 0.109. The zero-order chi connectivity index (χ0) is 22.0. The molecule has 0 aromatic heterocycles. The number of hydrogen-bond donors (Lipinski definition) is 0. The van der Waals surface area contributed by atoms with Crippen molar-refractivity contribution in [1.29, 1.82) is 0 Å². The fourth-order valence-electron chi connectivity index (χ4n) is 1.78. The average molecular weight is 440 g/mol. The molecule has 28 heavy (non-hydrogen) atoms. The lowest BCUT2D eigenvalue weighted by atomic mass is 10.0. The van der Waals surface area contributed by atoms with Gasteiger partial charge in [-0.05, 0) is 26.2 Å². The first kappa shape index (κ1) is 26.5. The number of rotatable bonds is 11. The Balaban J connectivity index is 4.50. The summed E-state index contributed by atoms with van der Waals surface area (Å²) >= 11 is 0.782. The number of carbonyl (C=O) groups excluding carboxylic acids is 2. The van der Waals surface area contributed by atoms with E-state index in [9.17, 15) is 18.0 Å². The molecular weight excluding hydrogens is 406 g/mol. The molecule has 1 atom stereocenters. The van der Waals surface area contributed by atoms with Crippen LogP contribution in [0.2, 0.25) is 0 Å². The maximum Gasteiger partial charge on any atom is 0.447 e. The van der Waals surface area contributed by atoms with Crippen LogP contribution in [0.25, 0.3) is 0 Å². The Kier molecular flexibility index (Phi) is 11.5. The summed E-state index contributed by atoms with van der Waals surface area (Å²) in [5.74, 6) is 0.317. The first-order valence-electron chi connectivity index (χ1n) is 9.13. The smallest absolute Gasteiger partial charge is 0.447 e. The van der Waals surface area contributed by atoms with E-state index in [1.807, 2.05) is 0 Å². The highest BCUT2D eigenvalue weighted by molar-refractivity contribution is 7.95. The zero-order valence-electron chi connectivity index (χ0n) is 17.8. The molecule has 0 rings (SSSR count). The number of amides is 2. The van der Waals surface area contributed by atoms with Gasteiger partial charge < -0.3 is 4.74 Å². The fraction of sp³-hybridized carbons (Fsp3) is 0.824. The number of ether oxygens (including phenoxy) is 1. The third-order valence-corrected chi connectivity index (χ3v) is 7.00. The Morgan fingerprint density at radius 2 is 1.75 bits per heavy atom. The van der Waals surface area contributed by atoms with Crippen molar-refractivity contribution in [2.45, 2.75) is 58.1 Å². The number of carbonyl (C=O) groups is 2. The van der Waals surface area contributed by atoms with E-state index in [1.54, 1.807) is 0 Å². The number of sulfone groups is 1. The molecule has 0 bridgehead atoms. The molecule has 0 aliphatic heterocycles. The maximum absolute atomic E-state index is 12.1. The topological polar surface area (TPSA) is 106 Å². The normalized spacial score (nSPS) is 13.2.